The minimum atomic E-state index is -0.467. The zero-order valence-electron chi connectivity index (χ0n) is 8.17. The number of rotatable bonds is 1. The third kappa shape index (κ3) is 1.86. The van der Waals surface area contributed by atoms with Crippen LogP contribution in [0.25, 0.3) is 0 Å². The van der Waals surface area contributed by atoms with Crippen molar-refractivity contribution in [3.63, 3.8) is 0 Å². The number of carbonyl (C=O) groups is 2. The van der Waals surface area contributed by atoms with Gasteiger partial charge in [-0.05, 0) is 12.1 Å². The van der Waals surface area contributed by atoms with E-state index in [9.17, 15) is 9.59 Å². The van der Waals surface area contributed by atoms with Crippen LogP contribution in [0.1, 0.15) is 10.4 Å². The zero-order valence-corrected chi connectivity index (χ0v) is 9.68. The molecule has 1 heterocycles. The van der Waals surface area contributed by atoms with Crippen LogP contribution < -0.4 is 5.32 Å². The predicted octanol–water partition coefficient (Wildman–Crippen LogP) is 2.16. The van der Waals surface area contributed by atoms with E-state index >= 15 is 0 Å². The van der Waals surface area contributed by atoms with Crippen LogP contribution in [-0.2, 0) is 0 Å². The molecule has 2 rings (SSSR count). The number of imide groups is 1. The first-order chi connectivity index (χ1) is 7.61. The molecule has 0 aliphatic carbocycles. The summed E-state index contributed by atoms with van der Waals surface area (Å²) in [6.07, 6.45) is 0. The number of urea groups is 1. The lowest BCUT2D eigenvalue weighted by Gasteiger charge is -2.13. The molecule has 6 heteroatoms. The molecule has 84 valence electrons. The molecule has 0 radical (unpaired) electrons. The van der Waals surface area contributed by atoms with Crippen LogP contribution >= 0.6 is 23.2 Å². The number of benzene rings is 1. The molecule has 3 amide bonds. The highest BCUT2D eigenvalue weighted by atomic mass is 35.5. The highest BCUT2D eigenvalue weighted by Crippen LogP contribution is 2.26. The summed E-state index contributed by atoms with van der Waals surface area (Å²) in [7, 11) is 0. The van der Waals surface area contributed by atoms with Crippen LogP contribution in [0, 0.1) is 0 Å². The zero-order chi connectivity index (χ0) is 11.7. The molecule has 1 aromatic rings. The maximum absolute atomic E-state index is 12.0. The van der Waals surface area contributed by atoms with Crippen molar-refractivity contribution >= 4 is 35.1 Å². The largest absolute Gasteiger partial charge is 0.336 e. The molecule has 1 fully saturated rings. The Labute approximate surface area is 102 Å². The first-order valence-electron chi connectivity index (χ1n) is 4.65. The number of amides is 3. The number of hydrogen-bond acceptors (Lipinski definition) is 2. The van der Waals surface area contributed by atoms with E-state index in [4.69, 9.17) is 23.2 Å². The van der Waals surface area contributed by atoms with E-state index in [1.165, 1.54) is 0 Å². The quantitative estimate of drug-likeness (QED) is 0.840. The fraction of sp³-hybridized carbons (Fsp3) is 0.200. The van der Waals surface area contributed by atoms with E-state index in [0.717, 1.165) is 4.90 Å². The lowest BCUT2D eigenvalue weighted by Crippen LogP contribution is -2.34. The Balaban J connectivity index is 2.37. The summed E-state index contributed by atoms with van der Waals surface area (Å²) in [6, 6.07) is 4.36. The van der Waals surface area contributed by atoms with E-state index < -0.39 is 11.9 Å². The second-order valence-corrected chi connectivity index (χ2v) is 4.10. The van der Waals surface area contributed by atoms with Crippen LogP contribution in [0.4, 0.5) is 4.79 Å². The molecule has 1 N–H and O–H groups in total. The Bertz CT molecular complexity index is 442. The molecule has 1 aromatic carbocycles. The number of nitrogens with zero attached hydrogens (tertiary/aromatic N) is 1. The van der Waals surface area contributed by atoms with Crippen molar-refractivity contribution in [2.45, 2.75) is 0 Å². The molecule has 1 saturated heterocycles. The van der Waals surface area contributed by atoms with E-state index in [-0.39, 0.29) is 15.6 Å². The van der Waals surface area contributed by atoms with E-state index in [2.05, 4.69) is 5.32 Å². The lowest BCUT2D eigenvalue weighted by molar-refractivity contribution is 0.0829. The third-order valence-corrected chi connectivity index (χ3v) is 2.91. The van der Waals surface area contributed by atoms with Crippen LogP contribution in [-0.4, -0.2) is 29.9 Å². The first-order valence-corrected chi connectivity index (χ1v) is 5.40. The normalized spacial score (nSPS) is 15.1. The smallest absolute Gasteiger partial charge is 0.324 e. The van der Waals surface area contributed by atoms with Gasteiger partial charge in [-0.3, -0.25) is 9.69 Å². The molecule has 0 aromatic heterocycles. The van der Waals surface area contributed by atoms with Gasteiger partial charge in [0.2, 0.25) is 0 Å². The molecule has 1 aliphatic heterocycles. The van der Waals surface area contributed by atoms with Gasteiger partial charge in [0.05, 0.1) is 15.6 Å². The minimum absolute atomic E-state index is 0.169. The summed E-state index contributed by atoms with van der Waals surface area (Å²) in [5.41, 5.74) is 0.169. The Hall–Kier alpha value is -1.26. The van der Waals surface area contributed by atoms with Crippen molar-refractivity contribution in [3.8, 4) is 0 Å². The second-order valence-electron chi connectivity index (χ2n) is 3.29. The van der Waals surface area contributed by atoms with E-state index in [0.29, 0.717) is 13.1 Å². The van der Waals surface area contributed by atoms with Crippen LogP contribution in [0.5, 0.6) is 0 Å². The van der Waals surface area contributed by atoms with Crippen molar-refractivity contribution < 1.29 is 9.59 Å². The molecule has 0 atom stereocenters. The number of nitrogens with one attached hydrogen (secondary N) is 1. The minimum Gasteiger partial charge on any atom is -0.336 e. The standard InChI is InChI=1S/C10H8Cl2N2O2/c11-6-2-1-3-7(12)8(6)9(15)14-5-4-13-10(14)16/h1-3H,4-5H2,(H,13,16). The van der Waals surface area contributed by atoms with Crippen molar-refractivity contribution in [2.75, 3.05) is 13.1 Å². The summed E-state index contributed by atoms with van der Waals surface area (Å²) < 4.78 is 0. The van der Waals surface area contributed by atoms with Crippen LogP contribution in [0.3, 0.4) is 0 Å². The van der Waals surface area contributed by atoms with Crippen LogP contribution in [0.15, 0.2) is 18.2 Å². The highest BCUT2D eigenvalue weighted by Gasteiger charge is 2.29. The number of hydrogen-bond donors (Lipinski definition) is 1. The van der Waals surface area contributed by atoms with Crippen molar-refractivity contribution in [1.82, 2.24) is 10.2 Å². The molecular weight excluding hydrogens is 251 g/mol. The topological polar surface area (TPSA) is 49.4 Å². The van der Waals surface area contributed by atoms with Gasteiger partial charge in [-0.1, -0.05) is 29.3 Å². The summed E-state index contributed by atoms with van der Waals surface area (Å²) >= 11 is 11.8. The monoisotopic (exact) mass is 258 g/mol. The van der Waals surface area contributed by atoms with Gasteiger partial charge in [-0.25, -0.2) is 4.79 Å². The van der Waals surface area contributed by atoms with Gasteiger partial charge in [-0.2, -0.15) is 0 Å². The Morgan fingerprint density at radius 3 is 2.44 bits per heavy atom. The molecule has 16 heavy (non-hydrogen) atoms. The van der Waals surface area contributed by atoms with Gasteiger partial charge in [0.1, 0.15) is 0 Å². The van der Waals surface area contributed by atoms with Gasteiger partial charge >= 0.3 is 6.03 Å². The highest BCUT2D eigenvalue weighted by molar-refractivity contribution is 6.40. The first kappa shape index (κ1) is 11.2. The lowest BCUT2D eigenvalue weighted by atomic mass is 10.2. The molecule has 1 aliphatic rings. The number of halogens is 2. The maximum Gasteiger partial charge on any atom is 0.324 e. The molecule has 4 nitrogen and oxygen atoms in total. The molecule has 0 saturated carbocycles. The van der Waals surface area contributed by atoms with Crippen molar-refractivity contribution in [2.24, 2.45) is 0 Å². The maximum atomic E-state index is 12.0. The summed E-state index contributed by atoms with van der Waals surface area (Å²) in [6.45, 7) is 0.784. The third-order valence-electron chi connectivity index (χ3n) is 2.28. The van der Waals surface area contributed by atoms with Gasteiger partial charge in [-0.15, -0.1) is 0 Å². The van der Waals surface area contributed by atoms with Gasteiger partial charge in [0.15, 0.2) is 0 Å². The Kier molecular flexibility index (Phi) is 3.03. The molecule has 0 bridgehead atoms. The fourth-order valence-corrected chi connectivity index (χ4v) is 2.06. The van der Waals surface area contributed by atoms with Gasteiger partial charge in [0, 0.05) is 13.1 Å². The molecular formula is C10H8Cl2N2O2. The Morgan fingerprint density at radius 2 is 1.94 bits per heavy atom. The van der Waals surface area contributed by atoms with E-state index in [1.807, 2.05) is 0 Å². The van der Waals surface area contributed by atoms with Gasteiger partial charge in [0.25, 0.3) is 5.91 Å². The summed E-state index contributed by atoms with van der Waals surface area (Å²) in [5.74, 6) is -0.467. The number of carbonyl (C=O) groups excluding carboxylic acids is 2. The van der Waals surface area contributed by atoms with Crippen molar-refractivity contribution in [3.05, 3.63) is 33.8 Å². The SMILES string of the molecule is O=C1NCCN1C(=O)c1c(Cl)cccc1Cl. The molecule has 0 spiro atoms. The Morgan fingerprint density at radius 1 is 1.31 bits per heavy atom. The van der Waals surface area contributed by atoms with Crippen molar-refractivity contribution in [1.29, 1.82) is 0 Å². The summed E-state index contributed by atoms with van der Waals surface area (Å²) in [5, 5.41) is 3.03. The fourth-order valence-electron chi connectivity index (χ4n) is 1.50. The molecule has 0 unspecified atom stereocenters. The predicted molar refractivity (Wildman–Crippen MR) is 60.9 cm³/mol. The average molecular weight is 259 g/mol. The van der Waals surface area contributed by atoms with Gasteiger partial charge < -0.3 is 5.32 Å². The summed E-state index contributed by atoms with van der Waals surface area (Å²) in [4.78, 5) is 24.4. The second kappa shape index (κ2) is 4.31. The van der Waals surface area contributed by atoms with E-state index in [1.54, 1.807) is 18.2 Å². The van der Waals surface area contributed by atoms with Crippen LogP contribution in [0.2, 0.25) is 10.0 Å². The average Bonchev–Trinajstić information content (AvgIpc) is 2.64.